The molecule has 1 aliphatic heterocycles. The van der Waals surface area contributed by atoms with Crippen LogP contribution in [0.15, 0.2) is 35.3 Å². The molecule has 1 aliphatic rings. The maximum absolute atomic E-state index is 12.6. The van der Waals surface area contributed by atoms with Crippen LogP contribution in [0.4, 0.5) is 5.95 Å². The number of ether oxygens (including phenoxy) is 1. The number of carboxylic acid groups (broad SMARTS) is 1. The monoisotopic (exact) mass is 513 g/mol. The number of amides is 1. The minimum atomic E-state index is -0.765. The van der Waals surface area contributed by atoms with E-state index in [9.17, 15) is 14.4 Å². The summed E-state index contributed by atoms with van der Waals surface area (Å²) in [6.45, 7) is 1.15. The Hall–Kier alpha value is -3.66. The molecule has 1 aromatic carbocycles. The van der Waals surface area contributed by atoms with Crippen molar-refractivity contribution in [3.05, 3.63) is 57.1 Å². The summed E-state index contributed by atoms with van der Waals surface area (Å²) in [6, 6.07) is 7.36. The maximum atomic E-state index is 12.6. The highest BCUT2D eigenvalue weighted by molar-refractivity contribution is 6.31. The molecule has 0 spiro atoms. The van der Waals surface area contributed by atoms with Crippen molar-refractivity contribution in [1.29, 1.82) is 0 Å². The van der Waals surface area contributed by atoms with Gasteiger partial charge in [0.15, 0.2) is 12.4 Å². The molecule has 1 fully saturated rings. The molecule has 10 nitrogen and oxygen atoms in total. The fraction of sp³-hybridized carbons (Fsp3) is 0.400. The molecule has 0 aliphatic carbocycles. The van der Waals surface area contributed by atoms with Crippen LogP contribution >= 0.6 is 11.6 Å². The van der Waals surface area contributed by atoms with E-state index in [1.54, 1.807) is 19.3 Å². The number of anilines is 1. The highest BCUT2D eigenvalue weighted by atomic mass is 35.5. The van der Waals surface area contributed by atoms with Gasteiger partial charge in [0.25, 0.3) is 11.5 Å². The molecular formula is C25H28ClN5O5. The standard InChI is InChI=1S/C25H28ClN5O5/c1-27-22(32)14-36-21-12-17-9-16(3-4-20(17)30(2)24(21)35)10-19-18(26)13-28-25(29-19)31-7-5-15(6-8-31)11-23(33)34/h3-4,9,12-13,15H,5-8,10-11,14H2,1-2H3,(H,27,32)(H,33,34). The van der Waals surface area contributed by atoms with Gasteiger partial charge in [0.05, 0.1) is 22.4 Å². The van der Waals surface area contributed by atoms with E-state index in [0.717, 1.165) is 29.3 Å². The topological polar surface area (TPSA) is 127 Å². The number of carboxylic acids is 1. The molecule has 3 aromatic rings. The maximum Gasteiger partial charge on any atom is 0.303 e. The van der Waals surface area contributed by atoms with Gasteiger partial charge in [-0.3, -0.25) is 14.4 Å². The molecular weight excluding hydrogens is 486 g/mol. The van der Waals surface area contributed by atoms with Crippen LogP contribution in [0.3, 0.4) is 0 Å². The molecule has 2 aromatic heterocycles. The Bertz CT molecular complexity index is 1350. The van der Waals surface area contributed by atoms with Crippen molar-refractivity contribution in [3.8, 4) is 5.75 Å². The number of aromatic nitrogens is 3. The van der Waals surface area contributed by atoms with Crippen LogP contribution in [-0.2, 0) is 23.1 Å². The van der Waals surface area contributed by atoms with Crippen LogP contribution in [0, 0.1) is 5.92 Å². The first-order valence-electron chi connectivity index (χ1n) is 11.7. The normalized spacial score (nSPS) is 14.1. The molecule has 1 amide bonds. The van der Waals surface area contributed by atoms with E-state index in [-0.39, 0.29) is 36.2 Å². The first-order chi connectivity index (χ1) is 17.2. The van der Waals surface area contributed by atoms with Crippen molar-refractivity contribution in [3.63, 3.8) is 0 Å². The van der Waals surface area contributed by atoms with Gasteiger partial charge in [-0.25, -0.2) is 9.97 Å². The van der Waals surface area contributed by atoms with Crippen LogP contribution in [0.25, 0.3) is 10.9 Å². The average molecular weight is 514 g/mol. The summed E-state index contributed by atoms with van der Waals surface area (Å²) in [5, 5.41) is 12.7. The number of nitrogens with zero attached hydrogens (tertiary/aromatic N) is 4. The smallest absolute Gasteiger partial charge is 0.303 e. The van der Waals surface area contributed by atoms with E-state index in [1.807, 2.05) is 18.2 Å². The Morgan fingerprint density at radius 1 is 1.25 bits per heavy atom. The Balaban J connectivity index is 1.54. The van der Waals surface area contributed by atoms with Crippen molar-refractivity contribution >= 4 is 40.3 Å². The number of benzene rings is 1. The van der Waals surface area contributed by atoms with Crippen LogP contribution in [-0.4, -0.2) is 58.3 Å². The number of likely N-dealkylation sites (N-methyl/N-ethyl adjacent to an activating group) is 1. The molecule has 11 heteroatoms. The van der Waals surface area contributed by atoms with Gasteiger partial charge in [-0.1, -0.05) is 17.7 Å². The number of nitrogens with one attached hydrogen (secondary N) is 1. The molecule has 0 atom stereocenters. The summed E-state index contributed by atoms with van der Waals surface area (Å²) in [6.07, 6.45) is 3.80. The van der Waals surface area contributed by atoms with E-state index >= 15 is 0 Å². The molecule has 0 unspecified atom stereocenters. The number of hydrogen-bond donors (Lipinski definition) is 2. The van der Waals surface area contributed by atoms with Crippen molar-refractivity contribution < 1.29 is 19.4 Å². The van der Waals surface area contributed by atoms with E-state index < -0.39 is 5.97 Å². The highest BCUT2D eigenvalue weighted by Crippen LogP contribution is 2.26. The Morgan fingerprint density at radius 3 is 2.69 bits per heavy atom. The van der Waals surface area contributed by atoms with E-state index in [0.29, 0.717) is 36.2 Å². The number of carbonyl (C=O) groups is 2. The van der Waals surface area contributed by atoms with Gasteiger partial charge in [0.2, 0.25) is 5.95 Å². The van der Waals surface area contributed by atoms with Crippen molar-refractivity contribution in [2.24, 2.45) is 13.0 Å². The fourth-order valence-electron chi connectivity index (χ4n) is 4.38. The van der Waals surface area contributed by atoms with Gasteiger partial charge in [0.1, 0.15) is 0 Å². The first kappa shape index (κ1) is 25.4. The number of rotatable bonds is 8. The Kier molecular flexibility index (Phi) is 7.73. The summed E-state index contributed by atoms with van der Waals surface area (Å²) >= 11 is 6.43. The van der Waals surface area contributed by atoms with E-state index in [1.165, 1.54) is 11.6 Å². The second-order valence-electron chi connectivity index (χ2n) is 8.90. The van der Waals surface area contributed by atoms with Crippen LogP contribution in [0.5, 0.6) is 5.75 Å². The molecule has 4 rings (SSSR count). The number of piperidine rings is 1. The zero-order valence-electron chi connectivity index (χ0n) is 20.2. The lowest BCUT2D eigenvalue weighted by Gasteiger charge is -2.31. The second-order valence-corrected chi connectivity index (χ2v) is 9.30. The Morgan fingerprint density at radius 2 is 2.00 bits per heavy atom. The molecule has 3 heterocycles. The predicted octanol–water partition coefficient (Wildman–Crippen LogP) is 2.39. The molecule has 36 heavy (non-hydrogen) atoms. The molecule has 0 radical (unpaired) electrons. The number of aliphatic carboxylic acids is 1. The molecule has 190 valence electrons. The third-order valence-corrected chi connectivity index (χ3v) is 6.74. The van der Waals surface area contributed by atoms with Crippen LogP contribution in [0.1, 0.15) is 30.5 Å². The molecule has 0 saturated carbocycles. The van der Waals surface area contributed by atoms with Gasteiger partial charge in [-0.05, 0) is 42.5 Å². The largest absolute Gasteiger partial charge is 0.481 e. The molecule has 1 saturated heterocycles. The summed E-state index contributed by atoms with van der Waals surface area (Å²) in [4.78, 5) is 46.3. The zero-order valence-corrected chi connectivity index (χ0v) is 20.9. The Labute approximate surface area is 212 Å². The van der Waals surface area contributed by atoms with Gasteiger partial charge in [-0.2, -0.15) is 0 Å². The van der Waals surface area contributed by atoms with E-state index in [2.05, 4.69) is 15.2 Å². The molecule has 0 bridgehead atoms. The first-order valence-corrected chi connectivity index (χ1v) is 12.1. The lowest BCUT2D eigenvalue weighted by molar-refractivity contribution is -0.138. The van der Waals surface area contributed by atoms with Gasteiger partial charge in [-0.15, -0.1) is 0 Å². The summed E-state index contributed by atoms with van der Waals surface area (Å²) in [5.41, 5.74) is 2.02. The highest BCUT2D eigenvalue weighted by Gasteiger charge is 2.23. The van der Waals surface area contributed by atoms with Crippen molar-refractivity contribution in [1.82, 2.24) is 19.9 Å². The minimum Gasteiger partial charge on any atom is -0.481 e. The van der Waals surface area contributed by atoms with Crippen molar-refractivity contribution in [2.45, 2.75) is 25.7 Å². The average Bonchev–Trinajstić information content (AvgIpc) is 2.86. The van der Waals surface area contributed by atoms with Gasteiger partial charge >= 0.3 is 5.97 Å². The van der Waals surface area contributed by atoms with E-state index in [4.69, 9.17) is 26.4 Å². The molecule has 2 N–H and O–H groups in total. The van der Waals surface area contributed by atoms with Crippen LogP contribution < -0.4 is 20.5 Å². The fourth-order valence-corrected chi connectivity index (χ4v) is 4.54. The number of hydrogen-bond acceptors (Lipinski definition) is 7. The van der Waals surface area contributed by atoms with Crippen LogP contribution in [0.2, 0.25) is 5.02 Å². The number of pyridine rings is 1. The lowest BCUT2D eigenvalue weighted by atomic mass is 9.94. The summed E-state index contributed by atoms with van der Waals surface area (Å²) in [7, 11) is 3.16. The SMILES string of the molecule is CNC(=O)COc1cc2cc(Cc3nc(N4CCC(CC(=O)O)CC4)ncc3Cl)ccc2n(C)c1=O. The number of halogens is 1. The third kappa shape index (κ3) is 5.76. The zero-order chi connectivity index (χ0) is 25.8. The van der Waals surface area contributed by atoms with Gasteiger partial charge < -0.3 is 24.6 Å². The number of fused-ring (bicyclic) bond motifs is 1. The third-order valence-electron chi connectivity index (χ3n) is 6.43. The lowest BCUT2D eigenvalue weighted by Crippen LogP contribution is -2.35. The minimum absolute atomic E-state index is 0.0967. The second kappa shape index (κ2) is 10.9. The number of aryl methyl sites for hydroxylation is 1. The summed E-state index contributed by atoms with van der Waals surface area (Å²) < 4.78 is 6.93. The predicted molar refractivity (Wildman–Crippen MR) is 136 cm³/mol. The number of carbonyl (C=O) groups excluding carboxylic acids is 1. The quantitative estimate of drug-likeness (QED) is 0.470. The van der Waals surface area contributed by atoms with Crippen molar-refractivity contribution in [2.75, 3.05) is 31.6 Å². The summed E-state index contributed by atoms with van der Waals surface area (Å²) in [5.74, 6) is -0.245. The van der Waals surface area contributed by atoms with Gasteiger partial charge in [0, 0.05) is 45.4 Å².